The van der Waals surface area contributed by atoms with Crippen molar-refractivity contribution in [3.05, 3.63) is 148 Å². The van der Waals surface area contributed by atoms with Gasteiger partial charge in [0.1, 0.15) is 23.0 Å². The predicted molar refractivity (Wildman–Crippen MR) is 166 cm³/mol. The first kappa shape index (κ1) is 27.4. The average molecular weight is 588 g/mol. The first-order valence-corrected chi connectivity index (χ1v) is 13.6. The van der Waals surface area contributed by atoms with Crippen molar-refractivity contribution in [2.24, 2.45) is 0 Å². The lowest BCUT2D eigenvalue weighted by Gasteiger charge is -2.12. The SMILES string of the molecule is O=C(Nc1ccc(Oc2cc(Oc3ccccc3)cc([N+](=O)[O-])c2)cc1)c1cc(-c2ccc(Cl)cc2)nc2ccccc12. The number of para-hydroxylation sites is 2. The summed E-state index contributed by atoms with van der Waals surface area (Å²) >= 11 is 6.05. The van der Waals surface area contributed by atoms with Crippen LogP contribution in [-0.2, 0) is 0 Å². The second kappa shape index (κ2) is 12.0. The minimum atomic E-state index is -0.509. The van der Waals surface area contributed by atoms with Gasteiger partial charge in [-0.1, -0.05) is 60.1 Å². The number of nitro groups is 1. The van der Waals surface area contributed by atoms with Crippen LogP contribution in [0.2, 0.25) is 5.02 Å². The molecule has 5 aromatic carbocycles. The first-order valence-electron chi connectivity index (χ1n) is 13.2. The van der Waals surface area contributed by atoms with Gasteiger partial charge in [-0.3, -0.25) is 14.9 Å². The Labute approximate surface area is 251 Å². The molecule has 0 spiro atoms. The molecule has 43 heavy (non-hydrogen) atoms. The molecule has 0 atom stereocenters. The highest BCUT2D eigenvalue weighted by Gasteiger charge is 2.16. The maximum absolute atomic E-state index is 13.5. The van der Waals surface area contributed by atoms with E-state index in [1.54, 1.807) is 72.8 Å². The number of halogens is 1. The van der Waals surface area contributed by atoms with Crippen LogP contribution in [0.3, 0.4) is 0 Å². The van der Waals surface area contributed by atoms with Crippen molar-refractivity contribution < 1.29 is 19.2 Å². The van der Waals surface area contributed by atoms with Gasteiger partial charge in [0.15, 0.2) is 0 Å². The van der Waals surface area contributed by atoms with E-state index in [2.05, 4.69) is 5.32 Å². The van der Waals surface area contributed by atoms with Gasteiger partial charge in [0, 0.05) is 27.7 Å². The van der Waals surface area contributed by atoms with Gasteiger partial charge in [-0.2, -0.15) is 0 Å². The number of ether oxygens (including phenoxy) is 2. The van der Waals surface area contributed by atoms with E-state index in [1.165, 1.54) is 12.1 Å². The first-order chi connectivity index (χ1) is 20.9. The van der Waals surface area contributed by atoms with Gasteiger partial charge in [-0.05, 0) is 60.7 Å². The Morgan fingerprint density at radius 1 is 0.721 bits per heavy atom. The highest BCUT2D eigenvalue weighted by Crippen LogP contribution is 2.34. The quantitative estimate of drug-likeness (QED) is 0.140. The molecule has 0 aliphatic carbocycles. The summed E-state index contributed by atoms with van der Waals surface area (Å²) in [4.78, 5) is 29.2. The van der Waals surface area contributed by atoms with Gasteiger partial charge in [0.05, 0.1) is 33.8 Å². The third-order valence-electron chi connectivity index (χ3n) is 6.50. The molecule has 6 rings (SSSR count). The largest absolute Gasteiger partial charge is 0.457 e. The smallest absolute Gasteiger partial charge is 0.276 e. The molecule has 0 saturated carbocycles. The number of amides is 1. The molecule has 6 aromatic rings. The molecule has 8 nitrogen and oxygen atoms in total. The number of fused-ring (bicyclic) bond motifs is 1. The van der Waals surface area contributed by atoms with Crippen LogP contribution < -0.4 is 14.8 Å². The van der Waals surface area contributed by atoms with Crippen LogP contribution in [0.1, 0.15) is 10.4 Å². The Kier molecular flexibility index (Phi) is 7.67. The van der Waals surface area contributed by atoms with E-state index in [9.17, 15) is 14.9 Å². The minimum Gasteiger partial charge on any atom is -0.457 e. The molecule has 0 unspecified atom stereocenters. The maximum atomic E-state index is 13.5. The fraction of sp³-hybridized carbons (Fsp3) is 0. The molecule has 1 heterocycles. The fourth-order valence-electron chi connectivity index (χ4n) is 4.48. The molecular formula is C34H22ClN3O5. The third kappa shape index (κ3) is 6.45. The number of benzene rings is 5. The van der Waals surface area contributed by atoms with Crippen LogP contribution in [0, 0.1) is 10.1 Å². The molecular weight excluding hydrogens is 566 g/mol. The highest BCUT2D eigenvalue weighted by molar-refractivity contribution is 6.30. The lowest BCUT2D eigenvalue weighted by molar-refractivity contribution is -0.385. The van der Waals surface area contributed by atoms with Crippen molar-refractivity contribution >= 4 is 39.8 Å². The number of hydrogen-bond acceptors (Lipinski definition) is 6. The Morgan fingerprint density at radius 3 is 2.02 bits per heavy atom. The molecule has 1 N–H and O–H groups in total. The standard InChI is InChI=1S/C34H22ClN3O5/c35-23-12-10-22(11-13-23)33-21-31(30-8-4-5-9-32(30)37-33)34(39)36-24-14-16-27(17-15-24)43-29-19-25(38(40)41)18-28(20-29)42-26-6-2-1-3-7-26/h1-21H,(H,36,39). The monoisotopic (exact) mass is 587 g/mol. The molecule has 0 aliphatic heterocycles. The molecule has 0 saturated heterocycles. The van der Waals surface area contributed by atoms with Crippen LogP contribution in [-0.4, -0.2) is 15.8 Å². The van der Waals surface area contributed by atoms with Gasteiger partial charge in [0.2, 0.25) is 0 Å². The summed E-state index contributed by atoms with van der Waals surface area (Å²) in [7, 11) is 0. The van der Waals surface area contributed by atoms with Gasteiger partial charge >= 0.3 is 0 Å². The van der Waals surface area contributed by atoms with Gasteiger partial charge in [-0.15, -0.1) is 0 Å². The number of rotatable bonds is 8. The molecule has 0 fully saturated rings. The van der Waals surface area contributed by atoms with Crippen LogP contribution >= 0.6 is 11.6 Å². The van der Waals surface area contributed by atoms with E-state index in [0.717, 1.165) is 10.9 Å². The summed E-state index contributed by atoms with van der Waals surface area (Å²) in [5.41, 5.74) is 3.02. The van der Waals surface area contributed by atoms with Crippen LogP contribution in [0.4, 0.5) is 11.4 Å². The summed E-state index contributed by atoms with van der Waals surface area (Å²) in [5.74, 6) is 1.15. The van der Waals surface area contributed by atoms with Crippen molar-refractivity contribution in [3.63, 3.8) is 0 Å². The van der Waals surface area contributed by atoms with Crippen molar-refractivity contribution in [1.29, 1.82) is 0 Å². The van der Waals surface area contributed by atoms with Crippen molar-refractivity contribution in [1.82, 2.24) is 4.98 Å². The van der Waals surface area contributed by atoms with Crippen molar-refractivity contribution in [2.45, 2.75) is 0 Å². The van der Waals surface area contributed by atoms with Crippen molar-refractivity contribution in [2.75, 3.05) is 5.32 Å². The summed E-state index contributed by atoms with van der Waals surface area (Å²) in [5, 5.41) is 15.8. The zero-order chi connectivity index (χ0) is 29.8. The maximum Gasteiger partial charge on any atom is 0.276 e. The Balaban J connectivity index is 1.22. The minimum absolute atomic E-state index is 0.171. The lowest BCUT2D eigenvalue weighted by atomic mass is 10.0. The van der Waals surface area contributed by atoms with Crippen molar-refractivity contribution in [3.8, 4) is 34.3 Å². The number of aromatic nitrogens is 1. The average Bonchev–Trinajstić information content (AvgIpc) is 3.02. The highest BCUT2D eigenvalue weighted by atomic mass is 35.5. The number of nitrogens with zero attached hydrogens (tertiary/aromatic N) is 2. The lowest BCUT2D eigenvalue weighted by Crippen LogP contribution is -2.13. The Morgan fingerprint density at radius 2 is 1.35 bits per heavy atom. The topological polar surface area (TPSA) is 104 Å². The number of carbonyl (C=O) groups excluding carboxylic acids is 1. The summed E-state index contributed by atoms with van der Waals surface area (Å²) < 4.78 is 11.7. The Bertz CT molecular complexity index is 1950. The van der Waals surface area contributed by atoms with E-state index in [0.29, 0.717) is 39.0 Å². The van der Waals surface area contributed by atoms with Gasteiger partial charge < -0.3 is 14.8 Å². The molecule has 210 valence electrons. The fourth-order valence-corrected chi connectivity index (χ4v) is 4.60. The van der Waals surface area contributed by atoms with E-state index in [4.69, 9.17) is 26.1 Å². The van der Waals surface area contributed by atoms with Gasteiger partial charge in [-0.25, -0.2) is 4.98 Å². The number of carbonyl (C=O) groups is 1. The Hall–Kier alpha value is -5.73. The summed E-state index contributed by atoms with van der Waals surface area (Å²) in [6.45, 7) is 0. The van der Waals surface area contributed by atoms with E-state index < -0.39 is 4.92 Å². The van der Waals surface area contributed by atoms with Gasteiger partial charge in [0.25, 0.3) is 11.6 Å². The molecule has 0 radical (unpaired) electrons. The number of nitro benzene ring substituents is 1. The number of hydrogen-bond donors (Lipinski definition) is 1. The molecule has 1 aromatic heterocycles. The second-order valence-corrected chi connectivity index (χ2v) is 9.93. The summed E-state index contributed by atoms with van der Waals surface area (Å²) in [6.07, 6.45) is 0. The number of anilines is 1. The zero-order valence-electron chi connectivity index (χ0n) is 22.4. The summed E-state index contributed by atoms with van der Waals surface area (Å²) in [6, 6.07) is 36.4. The normalized spacial score (nSPS) is 10.7. The van der Waals surface area contributed by atoms with Crippen LogP contribution in [0.15, 0.2) is 127 Å². The predicted octanol–water partition coefficient (Wildman–Crippen LogP) is 9.30. The molecule has 9 heteroatoms. The third-order valence-corrected chi connectivity index (χ3v) is 6.76. The van der Waals surface area contributed by atoms with E-state index in [1.807, 2.05) is 42.5 Å². The number of pyridine rings is 1. The second-order valence-electron chi connectivity index (χ2n) is 9.49. The molecule has 0 aliphatic rings. The molecule has 0 bridgehead atoms. The number of non-ortho nitro benzene ring substituents is 1. The van der Waals surface area contributed by atoms with Crippen LogP contribution in [0.25, 0.3) is 22.2 Å². The number of nitrogens with one attached hydrogen (secondary N) is 1. The van der Waals surface area contributed by atoms with Crippen LogP contribution in [0.5, 0.6) is 23.0 Å². The van der Waals surface area contributed by atoms with E-state index >= 15 is 0 Å². The zero-order valence-corrected chi connectivity index (χ0v) is 23.2. The molecule has 1 amide bonds. The van der Waals surface area contributed by atoms with E-state index in [-0.39, 0.29) is 23.1 Å².